The Morgan fingerprint density at radius 2 is 1.80 bits per heavy atom. The molecule has 0 aromatic heterocycles. The molecule has 0 aliphatic carbocycles. The zero-order valence-corrected chi connectivity index (χ0v) is 12.4. The average molecular weight is 281 g/mol. The summed E-state index contributed by atoms with van der Waals surface area (Å²) >= 11 is 0. The van der Waals surface area contributed by atoms with Crippen molar-refractivity contribution in [3.63, 3.8) is 0 Å². The summed E-state index contributed by atoms with van der Waals surface area (Å²) in [6.07, 6.45) is 2.38. The maximum absolute atomic E-state index is 12.9. The molecule has 0 bridgehead atoms. The van der Waals surface area contributed by atoms with Crippen molar-refractivity contribution in [1.82, 2.24) is 5.32 Å². The van der Waals surface area contributed by atoms with E-state index in [9.17, 15) is 9.50 Å². The Morgan fingerprint density at radius 3 is 2.35 bits per heavy atom. The van der Waals surface area contributed by atoms with Crippen LogP contribution in [0.25, 0.3) is 0 Å². The lowest BCUT2D eigenvalue weighted by Gasteiger charge is -2.35. The number of hydrogen-bond acceptors (Lipinski definition) is 3. The first kappa shape index (κ1) is 15.4. The third kappa shape index (κ3) is 4.01. The molecule has 1 aromatic rings. The molecule has 2 N–H and O–H groups in total. The molecule has 1 aromatic carbocycles. The van der Waals surface area contributed by atoms with Crippen LogP contribution in [0.1, 0.15) is 39.2 Å². The van der Waals surface area contributed by atoms with Gasteiger partial charge < -0.3 is 15.2 Å². The summed E-state index contributed by atoms with van der Waals surface area (Å²) in [5, 5.41) is 13.9. The number of rotatable bonds is 4. The fraction of sp³-hybridized carbons (Fsp3) is 0.625. The van der Waals surface area contributed by atoms with Crippen molar-refractivity contribution in [2.75, 3.05) is 6.54 Å². The molecule has 1 fully saturated rings. The van der Waals surface area contributed by atoms with E-state index >= 15 is 0 Å². The molecule has 4 heteroatoms. The van der Waals surface area contributed by atoms with Crippen LogP contribution in [0.4, 0.5) is 4.39 Å². The van der Waals surface area contributed by atoms with Crippen molar-refractivity contribution in [3.8, 4) is 0 Å². The molecular formula is C16H24FNO2. The molecule has 1 heterocycles. The minimum Gasteiger partial charge on any atom is -0.384 e. The van der Waals surface area contributed by atoms with Crippen molar-refractivity contribution in [1.29, 1.82) is 0 Å². The number of hydrogen-bond donors (Lipinski definition) is 2. The van der Waals surface area contributed by atoms with Gasteiger partial charge in [0.05, 0.1) is 17.8 Å². The predicted octanol–water partition coefficient (Wildman–Crippen LogP) is 2.58. The molecule has 3 atom stereocenters. The van der Waals surface area contributed by atoms with Gasteiger partial charge in [0.15, 0.2) is 0 Å². The normalized spacial score (nSPS) is 29.9. The summed E-state index contributed by atoms with van der Waals surface area (Å²) in [5.74, 6) is -0.287. The van der Waals surface area contributed by atoms with Crippen LogP contribution < -0.4 is 5.32 Å². The number of ether oxygens (including phenoxy) is 1. The van der Waals surface area contributed by atoms with Crippen LogP contribution >= 0.6 is 0 Å². The average Bonchev–Trinajstić information content (AvgIpc) is 2.36. The fourth-order valence-electron chi connectivity index (χ4n) is 2.83. The van der Waals surface area contributed by atoms with Crippen molar-refractivity contribution in [3.05, 3.63) is 35.6 Å². The van der Waals surface area contributed by atoms with Gasteiger partial charge in [-0.3, -0.25) is 0 Å². The van der Waals surface area contributed by atoms with Crippen LogP contribution in [0.3, 0.4) is 0 Å². The molecule has 1 aliphatic heterocycles. The van der Waals surface area contributed by atoms with Crippen molar-refractivity contribution < 1.29 is 14.2 Å². The lowest BCUT2D eigenvalue weighted by atomic mass is 9.94. The number of aliphatic hydroxyl groups is 1. The molecule has 2 rings (SSSR count). The summed E-state index contributed by atoms with van der Waals surface area (Å²) in [5.41, 5.74) is -0.280. The Morgan fingerprint density at radius 1 is 1.25 bits per heavy atom. The van der Waals surface area contributed by atoms with Gasteiger partial charge in [0, 0.05) is 12.6 Å². The Kier molecular flexibility index (Phi) is 4.78. The molecule has 0 spiro atoms. The highest BCUT2D eigenvalue weighted by atomic mass is 19.1. The first-order chi connectivity index (χ1) is 9.37. The monoisotopic (exact) mass is 281 g/mol. The third-order valence-corrected chi connectivity index (χ3v) is 3.90. The topological polar surface area (TPSA) is 41.5 Å². The van der Waals surface area contributed by atoms with Gasteiger partial charge in [-0.15, -0.1) is 0 Å². The van der Waals surface area contributed by atoms with E-state index in [1.165, 1.54) is 12.1 Å². The number of benzene rings is 1. The van der Waals surface area contributed by atoms with Gasteiger partial charge in [0.1, 0.15) is 5.82 Å². The zero-order chi connectivity index (χ0) is 14.8. The lowest BCUT2D eigenvalue weighted by molar-refractivity contribution is -0.0462. The highest BCUT2D eigenvalue weighted by Crippen LogP contribution is 2.23. The van der Waals surface area contributed by atoms with Crippen LogP contribution in [-0.2, 0) is 10.3 Å². The second-order valence-corrected chi connectivity index (χ2v) is 6.09. The maximum Gasteiger partial charge on any atom is 0.123 e. The van der Waals surface area contributed by atoms with E-state index < -0.39 is 5.60 Å². The summed E-state index contributed by atoms with van der Waals surface area (Å²) in [6, 6.07) is 6.36. The first-order valence-electron chi connectivity index (χ1n) is 7.24. The highest BCUT2D eigenvalue weighted by Gasteiger charge is 2.28. The smallest absolute Gasteiger partial charge is 0.123 e. The van der Waals surface area contributed by atoms with Crippen molar-refractivity contribution in [2.45, 2.75) is 57.5 Å². The Hall–Kier alpha value is -0.970. The van der Waals surface area contributed by atoms with Crippen LogP contribution in [-0.4, -0.2) is 29.9 Å². The van der Waals surface area contributed by atoms with Gasteiger partial charge in [-0.25, -0.2) is 4.39 Å². The van der Waals surface area contributed by atoms with E-state index in [0.717, 1.165) is 18.4 Å². The van der Waals surface area contributed by atoms with Crippen LogP contribution in [0.15, 0.2) is 24.3 Å². The van der Waals surface area contributed by atoms with Crippen molar-refractivity contribution >= 4 is 0 Å². The minimum atomic E-state index is -1.00. The van der Waals surface area contributed by atoms with E-state index in [1.54, 1.807) is 19.1 Å². The largest absolute Gasteiger partial charge is 0.384 e. The molecule has 20 heavy (non-hydrogen) atoms. The third-order valence-electron chi connectivity index (χ3n) is 3.90. The van der Waals surface area contributed by atoms with Crippen LogP contribution in [0, 0.1) is 5.82 Å². The first-order valence-corrected chi connectivity index (χ1v) is 7.24. The van der Waals surface area contributed by atoms with E-state index in [0.29, 0.717) is 12.6 Å². The summed E-state index contributed by atoms with van der Waals surface area (Å²) in [6.45, 7) is 6.34. The van der Waals surface area contributed by atoms with Gasteiger partial charge >= 0.3 is 0 Å². The summed E-state index contributed by atoms with van der Waals surface area (Å²) in [7, 11) is 0. The zero-order valence-electron chi connectivity index (χ0n) is 12.4. The highest BCUT2D eigenvalue weighted by molar-refractivity contribution is 5.22. The molecule has 1 saturated heterocycles. The number of nitrogens with one attached hydrogen (secondary N) is 1. The van der Waals surface area contributed by atoms with Gasteiger partial charge in [0.2, 0.25) is 0 Å². The lowest BCUT2D eigenvalue weighted by Crippen LogP contribution is -2.46. The second kappa shape index (κ2) is 6.20. The molecule has 0 saturated carbocycles. The van der Waals surface area contributed by atoms with Crippen LogP contribution in [0.2, 0.25) is 0 Å². The Balaban J connectivity index is 1.93. The molecule has 1 aliphatic rings. The van der Waals surface area contributed by atoms with E-state index in [1.807, 2.05) is 0 Å². The van der Waals surface area contributed by atoms with Crippen LogP contribution in [0.5, 0.6) is 0 Å². The fourth-order valence-corrected chi connectivity index (χ4v) is 2.83. The molecule has 0 radical (unpaired) electrons. The predicted molar refractivity (Wildman–Crippen MR) is 77.0 cm³/mol. The van der Waals surface area contributed by atoms with Gasteiger partial charge in [-0.2, -0.15) is 0 Å². The van der Waals surface area contributed by atoms with Gasteiger partial charge in [-0.05, 0) is 51.3 Å². The van der Waals surface area contributed by atoms with Crippen molar-refractivity contribution in [2.24, 2.45) is 0 Å². The molecule has 3 nitrogen and oxygen atoms in total. The van der Waals surface area contributed by atoms with Gasteiger partial charge in [0.25, 0.3) is 0 Å². The SMILES string of the molecule is CC1CC(NCC(C)(O)c2ccc(F)cc2)CC(C)O1. The number of halogens is 1. The van der Waals surface area contributed by atoms with E-state index in [2.05, 4.69) is 19.2 Å². The summed E-state index contributed by atoms with van der Waals surface area (Å²) in [4.78, 5) is 0. The molecule has 3 unspecified atom stereocenters. The second-order valence-electron chi connectivity index (χ2n) is 6.09. The maximum atomic E-state index is 12.9. The Labute approximate surface area is 120 Å². The van der Waals surface area contributed by atoms with E-state index in [4.69, 9.17) is 4.74 Å². The summed E-state index contributed by atoms with van der Waals surface area (Å²) < 4.78 is 18.6. The standard InChI is InChI=1S/C16H24FNO2/c1-11-8-15(9-12(2)20-11)18-10-16(3,19)13-4-6-14(17)7-5-13/h4-7,11-12,15,18-19H,8-10H2,1-3H3. The Bertz CT molecular complexity index is 423. The molecule has 0 amide bonds. The molecular weight excluding hydrogens is 257 g/mol. The quantitative estimate of drug-likeness (QED) is 0.891. The minimum absolute atomic E-state index is 0.243. The van der Waals surface area contributed by atoms with E-state index in [-0.39, 0.29) is 18.0 Å². The molecule has 112 valence electrons. The van der Waals surface area contributed by atoms with Gasteiger partial charge in [-0.1, -0.05) is 12.1 Å².